The maximum atomic E-state index is 12.0. The van der Waals surface area contributed by atoms with Gasteiger partial charge in [0.1, 0.15) is 3.57 Å². The first-order valence-corrected chi connectivity index (χ1v) is 6.68. The third-order valence-corrected chi connectivity index (χ3v) is 3.27. The van der Waals surface area contributed by atoms with E-state index in [9.17, 15) is 31.7 Å². The molecule has 0 spiro atoms. The summed E-state index contributed by atoms with van der Waals surface area (Å²) in [6.07, 6.45) is -5.12. The second-order valence-electron chi connectivity index (χ2n) is 2.95. The van der Waals surface area contributed by atoms with E-state index in [2.05, 4.69) is 9.72 Å². The maximum absolute atomic E-state index is 12.0. The third-order valence-electron chi connectivity index (χ3n) is 1.58. The van der Waals surface area contributed by atoms with Gasteiger partial charge in [-0.25, -0.2) is 13.6 Å². The van der Waals surface area contributed by atoms with E-state index in [0.29, 0.717) is 6.07 Å². The van der Waals surface area contributed by atoms with Crippen LogP contribution in [0.3, 0.4) is 0 Å². The fraction of sp³-hybridized carbons (Fsp3) is 0.167. The molecule has 0 aromatic carbocycles. The molecule has 19 heavy (non-hydrogen) atoms. The van der Waals surface area contributed by atoms with Crippen molar-refractivity contribution in [1.29, 1.82) is 0 Å². The van der Waals surface area contributed by atoms with Gasteiger partial charge in [0.05, 0.1) is 0 Å². The number of halogens is 4. The minimum atomic E-state index is -5.12. The van der Waals surface area contributed by atoms with E-state index in [1.807, 2.05) is 0 Å². The van der Waals surface area contributed by atoms with Crippen LogP contribution < -0.4 is 9.88 Å². The number of nitrogens with zero attached hydrogens (tertiary/aromatic N) is 2. The number of hydrogen-bond donors (Lipinski definition) is 1. The highest BCUT2D eigenvalue weighted by Gasteiger charge is 2.37. The van der Waals surface area contributed by atoms with E-state index >= 15 is 0 Å². The topological polar surface area (TPSA) is 125 Å². The van der Waals surface area contributed by atoms with Gasteiger partial charge in [-0.1, -0.05) is 0 Å². The van der Waals surface area contributed by atoms with Crippen LogP contribution in [-0.2, 0) is 10.0 Å². The molecule has 1 rings (SSSR count). The summed E-state index contributed by atoms with van der Waals surface area (Å²) in [5.74, 6) is -2.48. The van der Waals surface area contributed by atoms with Gasteiger partial charge in [-0.15, -0.1) is 13.2 Å². The zero-order valence-corrected chi connectivity index (χ0v) is 11.5. The minimum absolute atomic E-state index is 0.399. The summed E-state index contributed by atoms with van der Waals surface area (Å²) >= 11 is 1.28. The number of nitro groups is 1. The first-order valence-electron chi connectivity index (χ1n) is 4.05. The summed E-state index contributed by atoms with van der Waals surface area (Å²) in [4.78, 5) is 11.2. The van der Waals surface area contributed by atoms with Crippen molar-refractivity contribution in [2.24, 2.45) is 5.14 Å². The van der Waals surface area contributed by atoms with Crippen molar-refractivity contribution in [3.63, 3.8) is 0 Å². The van der Waals surface area contributed by atoms with Crippen molar-refractivity contribution in [1.82, 2.24) is 4.98 Å². The number of nitrogens with two attached hydrogens (primary N) is 1. The molecule has 1 aromatic heterocycles. The molecule has 0 fully saturated rings. The highest BCUT2D eigenvalue weighted by Crippen LogP contribution is 2.31. The van der Waals surface area contributed by atoms with Gasteiger partial charge >= 0.3 is 18.1 Å². The van der Waals surface area contributed by atoms with Crippen molar-refractivity contribution in [3.05, 3.63) is 19.8 Å². The van der Waals surface area contributed by atoms with Gasteiger partial charge < -0.3 is 14.9 Å². The Labute approximate surface area is 117 Å². The summed E-state index contributed by atoms with van der Waals surface area (Å²) in [6, 6.07) is 0.572. The number of rotatable bonds is 3. The van der Waals surface area contributed by atoms with Crippen molar-refractivity contribution in [2.75, 3.05) is 0 Å². The molecular formula is C6H3F3IN3O5S. The quantitative estimate of drug-likeness (QED) is 0.450. The van der Waals surface area contributed by atoms with Crippen LogP contribution in [0.25, 0.3) is 0 Å². The van der Waals surface area contributed by atoms with Gasteiger partial charge in [0.25, 0.3) is 0 Å². The molecule has 13 heteroatoms. The van der Waals surface area contributed by atoms with Crippen LogP contribution in [0.4, 0.5) is 19.0 Å². The third kappa shape index (κ3) is 4.13. The smallest absolute Gasteiger partial charge is 0.366 e. The summed E-state index contributed by atoms with van der Waals surface area (Å²) in [7, 11) is -4.51. The lowest BCUT2D eigenvalue weighted by molar-refractivity contribution is -0.393. The Balaban J connectivity index is 3.50. The Morgan fingerprint density at radius 3 is 2.37 bits per heavy atom. The summed E-state index contributed by atoms with van der Waals surface area (Å²) in [6.45, 7) is 0. The lowest BCUT2D eigenvalue weighted by Gasteiger charge is -2.07. The first kappa shape index (κ1) is 15.8. The Bertz CT molecular complexity index is 632. The molecule has 0 unspecified atom stereocenters. The molecule has 0 saturated heterocycles. The van der Waals surface area contributed by atoms with Crippen LogP contribution in [0.2, 0.25) is 0 Å². The normalized spacial score (nSPS) is 12.3. The van der Waals surface area contributed by atoms with E-state index in [4.69, 9.17) is 5.14 Å². The largest absolute Gasteiger partial charge is 0.575 e. The highest BCUT2D eigenvalue weighted by molar-refractivity contribution is 14.1. The molecule has 0 amide bonds. The van der Waals surface area contributed by atoms with Crippen LogP contribution in [0, 0.1) is 13.7 Å². The van der Waals surface area contributed by atoms with Crippen LogP contribution >= 0.6 is 22.6 Å². The molecule has 0 aliphatic rings. The Hall–Kier alpha value is -1.22. The highest BCUT2D eigenvalue weighted by atomic mass is 127. The number of pyridine rings is 1. The lowest BCUT2D eigenvalue weighted by Crippen LogP contribution is -2.20. The van der Waals surface area contributed by atoms with Crippen LogP contribution in [0.1, 0.15) is 0 Å². The molecule has 0 atom stereocenters. The second-order valence-corrected chi connectivity index (χ2v) is 5.64. The summed E-state index contributed by atoms with van der Waals surface area (Å²) in [5.41, 5.74) is 0. The molecule has 1 heterocycles. The molecule has 0 aliphatic carbocycles. The molecule has 0 saturated carbocycles. The van der Waals surface area contributed by atoms with Crippen molar-refractivity contribution in [3.8, 4) is 5.88 Å². The maximum Gasteiger partial charge on any atom is 0.575 e. The summed E-state index contributed by atoms with van der Waals surface area (Å²) in [5, 5.41) is 15.3. The predicted octanol–water partition coefficient (Wildman–Crippen LogP) is 1.14. The van der Waals surface area contributed by atoms with Crippen molar-refractivity contribution in [2.45, 2.75) is 11.3 Å². The van der Waals surface area contributed by atoms with E-state index in [1.54, 1.807) is 0 Å². The first-order chi connectivity index (χ1) is 8.42. The van der Waals surface area contributed by atoms with Crippen LogP contribution in [0.5, 0.6) is 5.88 Å². The van der Waals surface area contributed by atoms with E-state index in [0.717, 1.165) is 0 Å². The average molecular weight is 413 g/mol. The zero-order chi connectivity index (χ0) is 15.0. The van der Waals surface area contributed by atoms with E-state index in [-0.39, 0.29) is 0 Å². The number of sulfonamides is 1. The number of hydrogen-bond acceptors (Lipinski definition) is 6. The molecule has 106 valence electrons. The lowest BCUT2D eigenvalue weighted by atomic mass is 10.4. The second kappa shape index (κ2) is 5.04. The number of primary sulfonamides is 1. The predicted molar refractivity (Wildman–Crippen MR) is 61.7 cm³/mol. The zero-order valence-electron chi connectivity index (χ0n) is 8.51. The van der Waals surface area contributed by atoms with Gasteiger partial charge in [0.15, 0.2) is 4.90 Å². The molecule has 1 aromatic rings. The average Bonchev–Trinajstić information content (AvgIpc) is 2.16. The molecule has 0 bridgehead atoms. The van der Waals surface area contributed by atoms with Gasteiger partial charge in [-0.3, -0.25) is 0 Å². The molecule has 0 aliphatic heterocycles. The molecule has 0 radical (unpaired) electrons. The molecule has 8 nitrogen and oxygen atoms in total. The van der Waals surface area contributed by atoms with Gasteiger partial charge in [0, 0.05) is 4.98 Å². The van der Waals surface area contributed by atoms with E-state index < -0.39 is 41.5 Å². The Kier molecular flexibility index (Phi) is 4.20. The Morgan fingerprint density at radius 1 is 1.47 bits per heavy atom. The van der Waals surface area contributed by atoms with Crippen LogP contribution in [-0.4, -0.2) is 24.7 Å². The molecule has 2 N–H and O–H groups in total. The van der Waals surface area contributed by atoms with Gasteiger partial charge in [-0.05, 0) is 33.6 Å². The minimum Gasteiger partial charge on any atom is -0.366 e. The number of aromatic nitrogens is 1. The SMILES string of the molecule is NS(=O)(=O)c1cc(I)c(OC(F)(F)F)nc1[N+](=O)[O-]. The summed E-state index contributed by atoms with van der Waals surface area (Å²) < 4.78 is 61.2. The van der Waals surface area contributed by atoms with Crippen molar-refractivity contribution >= 4 is 38.4 Å². The monoisotopic (exact) mass is 413 g/mol. The van der Waals surface area contributed by atoms with Gasteiger partial charge in [0.2, 0.25) is 10.0 Å². The Morgan fingerprint density at radius 2 is 2.00 bits per heavy atom. The fourth-order valence-electron chi connectivity index (χ4n) is 0.967. The fourth-order valence-corrected chi connectivity index (χ4v) is 2.38. The number of alkyl halides is 3. The standard InChI is InChI=1S/C6H3F3IN3O5S/c7-6(8,9)18-5-2(10)1-3(19(11,16)17)4(12-5)13(14)15/h1H,(H2,11,16,17). The van der Waals surface area contributed by atoms with E-state index in [1.165, 1.54) is 22.6 Å². The van der Waals surface area contributed by atoms with Crippen LogP contribution in [0.15, 0.2) is 11.0 Å². The van der Waals surface area contributed by atoms with Crippen molar-refractivity contribution < 1.29 is 31.2 Å². The van der Waals surface area contributed by atoms with Gasteiger partial charge in [-0.2, -0.15) is 0 Å². The molecular weight excluding hydrogens is 410 g/mol. The number of ether oxygens (including phenoxy) is 1.